The first-order chi connectivity index (χ1) is 8.64. The van der Waals surface area contributed by atoms with Gasteiger partial charge in [-0.2, -0.15) is 5.26 Å². The molecule has 96 valence electrons. The predicted molar refractivity (Wildman–Crippen MR) is 67.8 cm³/mol. The fraction of sp³-hybridized carbons (Fsp3) is 0.615. The van der Waals surface area contributed by atoms with E-state index in [1.165, 1.54) is 6.20 Å². The maximum Gasteiger partial charge on any atom is 0.158 e. The summed E-state index contributed by atoms with van der Waals surface area (Å²) in [4.78, 5) is 8.07. The van der Waals surface area contributed by atoms with Crippen molar-refractivity contribution < 1.29 is 5.11 Å². The summed E-state index contributed by atoms with van der Waals surface area (Å²) in [6.07, 6.45) is 6.90. The van der Waals surface area contributed by atoms with Crippen molar-refractivity contribution in [2.24, 2.45) is 5.41 Å². The average molecular weight is 246 g/mol. The fourth-order valence-electron chi connectivity index (χ4n) is 2.36. The summed E-state index contributed by atoms with van der Waals surface area (Å²) in [6, 6.07) is 1.93. The van der Waals surface area contributed by atoms with Crippen LogP contribution in [0, 0.1) is 16.7 Å². The highest BCUT2D eigenvalue weighted by Gasteiger charge is 2.35. The molecule has 18 heavy (non-hydrogen) atoms. The van der Waals surface area contributed by atoms with E-state index >= 15 is 0 Å². The summed E-state index contributed by atoms with van der Waals surface area (Å²) < 4.78 is 0. The SMILES string of the molecule is CC1(CNc2cnc(C#N)cn2)CCCCC1O. The van der Waals surface area contributed by atoms with Crippen molar-refractivity contribution >= 4 is 5.82 Å². The zero-order chi connectivity index (χ0) is 13.0. The smallest absolute Gasteiger partial charge is 0.158 e. The van der Waals surface area contributed by atoms with Crippen molar-refractivity contribution in [3.63, 3.8) is 0 Å². The summed E-state index contributed by atoms with van der Waals surface area (Å²) in [5, 5.41) is 21.9. The van der Waals surface area contributed by atoms with E-state index in [4.69, 9.17) is 5.26 Å². The molecule has 0 aromatic carbocycles. The molecule has 5 heteroatoms. The molecule has 5 nitrogen and oxygen atoms in total. The van der Waals surface area contributed by atoms with E-state index in [0.717, 1.165) is 25.7 Å². The number of nitrogens with one attached hydrogen (secondary N) is 1. The third kappa shape index (κ3) is 2.77. The molecule has 0 bridgehead atoms. The molecule has 1 heterocycles. The van der Waals surface area contributed by atoms with Gasteiger partial charge in [0.15, 0.2) is 5.69 Å². The van der Waals surface area contributed by atoms with E-state index in [1.54, 1.807) is 6.20 Å². The largest absolute Gasteiger partial charge is 0.392 e. The normalized spacial score (nSPS) is 27.5. The second kappa shape index (κ2) is 5.32. The van der Waals surface area contributed by atoms with Gasteiger partial charge >= 0.3 is 0 Å². The van der Waals surface area contributed by atoms with E-state index in [2.05, 4.69) is 22.2 Å². The van der Waals surface area contributed by atoms with Crippen molar-refractivity contribution in [3.8, 4) is 6.07 Å². The topological polar surface area (TPSA) is 81.8 Å². The molecule has 1 aliphatic rings. The summed E-state index contributed by atoms with van der Waals surface area (Å²) in [5.74, 6) is 0.646. The van der Waals surface area contributed by atoms with Gasteiger partial charge in [0.05, 0.1) is 18.5 Å². The lowest BCUT2D eigenvalue weighted by atomic mass is 9.73. The van der Waals surface area contributed by atoms with Crippen LogP contribution in [0.2, 0.25) is 0 Å². The number of aromatic nitrogens is 2. The molecule has 2 atom stereocenters. The van der Waals surface area contributed by atoms with Crippen molar-refractivity contribution in [2.75, 3.05) is 11.9 Å². The Morgan fingerprint density at radius 3 is 2.94 bits per heavy atom. The zero-order valence-electron chi connectivity index (χ0n) is 10.6. The summed E-state index contributed by atoms with van der Waals surface area (Å²) in [7, 11) is 0. The third-order valence-corrected chi connectivity index (χ3v) is 3.72. The maximum atomic E-state index is 10.1. The van der Waals surface area contributed by atoms with E-state index < -0.39 is 0 Å². The van der Waals surface area contributed by atoms with Gasteiger partial charge in [-0.3, -0.25) is 0 Å². The number of aliphatic hydroxyl groups excluding tert-OH is 1. The Bertz CT molecular complexity index is 439. The second-order valence-electron chi connectivity index (χ2n) is 5.17. The number of aliphatic hydroxyl groups is 1. The van der Waals surface area contributed by atoms with Crippen LogP contribution in [-0.4, -0.2) is 27.7 Å². The lowest BCUT2D eigenvalue weighted by Gasteiger charge is -2.38. The van der Waals surface area contributed by atoms with Crippen molar-refractivity contribution in [3.05, 3.63) is 18.1 Å². The van der Waals surface area contributed by atoms with Gasteiger partial charge in [0, 0.05) is 12.0 Å². The average Bonchev–Trinajstić information content (AvgIpc) is 2.41. The molecule has 0 spiro atoms. The van der Waals surface area contributed by atoms with Crippen molar-refractivity contribution in [2.45, 2.75) is 38.7 Å². The second-order valence-corrected chi connectivity index (χ2v) is 5.17. The predicted octanol–water partition coefficient (Wildman–Crippen LogP) is 1.70. The fourth-order valence-corrected chi connectivity index (χ4v) is 2.36. The van der Waals surface area contributed by atoms with Gasteiger partial charge in [0.2, 0.25) is 0 Å². The number of hydrogen-bond acceptors (Lipinski definition) is 5. The third-order valence-electron chi connectivity index (χ3n) is 3.72. The molecular weight excluding hydrogens is 228 g/mol. The van der Waals surface area contributed by atoms with Crippen LogP contribution in [0.15, 0.2) is 12.4 Å². The highest BCUT2D eigenvalue weighted by molar-refractivity contribution is 5.33. The highest BCUT2D eigenvalue weighted by Crippen LogP contribution is 2.36. The maximum absolute atomic E-state index is 10.1. The quantitative estimate of drug-likeness (QED) is 0.848. The van der Waals surface area contributed by atoms with Gasteiger partial charge in [0.1, 0.15) is 11.9 Å². The number of rotatable bonds is 3. The van der Waals surface area contributed by atoms with Crippen LogP contribution in [0.25, 0.3) is 0 Å². The van der Waals surface area contributed by atoms with E-state index in [1.807, 2.05) is 6.07 Å². The van der Waals surface area contributed by atoms with Gasteiger partial charge in [-0.05, 0) is 12.8 Å². The Kier molecular flexibility index (Phi) is 3.78. The summed E-state index contributed by atoms with van der Waals surface area (Å²) >= 11 is 0. The molecule has 2 N–H and O–H groups in total. The lowest BCUT2D eigenvalue weighted by Crippen LogP contribution is -2.41. The van der Waals surface area contributed by atoms with Crippen LogP contribution < -0.4 is 5.32 Å². The minimum absolute atomic E-state index is 0.103. The first kappa shape index (κ1) is 12.8. The van der Waals surface area contributed by atoms with E-state index in [9.17, 15) is 5.11 Å². The molecule has 2 rings (SSSR count). The first-order valence-electron chi connectivity index (χ1n) is 6.28. The molecule has 1 saturated carbocycles. The molecule has 0 radical (unpaired) electrons. The van der Waals surface area contributed by atoms with Crippen LogP contribution in [0.5, 0.6) is 0 Å². The Morgan fingerprint density at radius 2 is 2.33 bits per heavy atom. The van der Waals surface area contributed by atoms with Crippen molar-refractivity contribution in [1.29, 1.82) is 5.26 Å². The molecule has 1 aromatic rings. The summed E-state index contributed by atoms with van der Waals surface area (Å²) in [6.45, 7) is 2.77. The molecule has 1 aliphatic carbocycles. The van der Waals surface area contributed by atoms with Crippen molar-refractivity contribution in [1.82, 2.24) is 9.97 Å². The van der Waals surface area contributed by atoms with Gasteiger partial charge in [0.25, 0.3) is 0 Å². The Morgan fingerprint density at radius 1 is 1.50 bits per heavy atom. The Balaban J connectivity index is 1.95. The van der Waals surface area contributed by atoms with Gasteiger partial charge in [-0.25, -0.2) is 9.97 Å². The van der Waals surface area contributed by atoms with Crippen LogP contribution in [0.1, 0.15) is 38.3 Å². The monoisotopic (exact) mass is 246 g/mol. The minimum atomic E-state index is -0.259. The first-order valence-corrected chi connectivity index (χ1v) is 6.28. The molecule has 0 saturated heterocycles. The van der Waals surface area contributed by atoms with E-state index in [0.29, 0.717) is 18.1 Å². The summed E-state index contributed by atoms with van der Waals surface area (Å²) in [5.41, 5.74) is 0.206. The van der Waals surface area contributed by atoms with E-state index in [-0.39, 0.29) is 11.5 Å². The van der Waals surface area contributed by atoms with Crippen LogP contribution in [0.4, 0.5) is 5.82 Å². The number of nitriles is 1. The van der Waals surface area contributed by atoms with Crippen LogP contribution in [0.3, 0.4) is 0 Å². The number of nitrogens with zero attached hydrogens (tertiary/aromatic N) is 3. The number of hydrogen-bond donors (Lipinski definition) is 2. The van der Waals surface area contributed by atoms with Gasteiger partial charge < -0.3 is 10.4 Å². The lowest BCUT2D eigenvalue weighted by molar-refractivity contribution is 0.00958. The van der Waals surface area contributed by atoms with Gasteiger partial charge in [-0.15, -0.1) is 0 Å². The minimum Gasteiger partial charge on any atom is -0.392 e. The highest BCUT2D eigenvalue weighted by atomic mass is 16.3. The molecular formula is C13H18N4O. The zero-order valence-corrected chi connectivity index (χ0v) is 10.6. The van der Waals surface area contributed by atoms with Crippen LogP contribution in [-0.2, 0) is 0 Å². The number of anilines is 1. The standard InChI is InChI=1S/C13H18N4O/c1-13(5-3-2-4-11(13)18)9-17-12-8-15-10(6-14)7-16-12/h7-8,11,18H,2-5,9H2,1H3,(H,16,17). The Labute approximate surface area is 107 Å². The molecule has 1 fully saturated rings. The molecule has 0 aliphatic heterocycles. The van der Waals surface area contributed by atoms with Gasteiger partial charge in [-0.1, -0.05) is 19.8 Å². The van der Waals surface area contributed by atoms with Crippen LogP contribution >= 0.6 is 0 Å². The molecule has 1 aromatic heterocycles. The Hall–Kier alpha value is -1.67. The molecule has 2 unspecified atom stereocenters. The molecule has 0 amide bonds.